The summed E-state index contributed by atoms with van der Waals surface area (Å²) < 4.78 is 21.4. The Bertz CT molecular complexity index is 1090. The van der Waals surface area contributed by atoms with Gasteiger partial charge >= 0.3 is 5.97 Å². The van der Waals surface area contributed by atoms with E-state index in [1.54, 1.807) is 24.3 Å². The van der Waals surface area contributed by atoms with E-state index in [-0.39, 0.29) is 17.0 Å². The third kappa shape index (κ3) is 3.76. The van der Waals surface area contributed by atoms with Gasteiger partial charge in [0, 0.05) is 17.0 Å². The number of carbonyl (C=O) groups is 1. The topological polar surface area (TPSA) is 55.6 Å². The molecular weight excluding hydrogens is 474 g/mol. The average molecular weight is 505 g/mol. The minimum atomic E-state index is -1.05. The second-order valence-corrected chi connectivity index (χ2v) is 11.4. The van der Waals surface area contributed by atoms with Crippen molar-refractivity contribution in [2.75, 3.05) is 0 Å². The first kappa shape index (κ1) is 24.1. The Kier molecular flexibility index (Phi) is 6.21. The fourth-order valence-corrected chi connectivity index (χ4v) is 7.03. The number of nitrogens with two attached hydrogens (primary N) is 1. The third-order valence-corrected chi connectivity index (χ3v) is 8.72. The van der Waals surface area contributed by atoms with Gasteiger partial charge in [-0.15, -0.1) is 0 Å². The van der Waals surface area contributed by atoms with Crippen LogP contribution < -0.4 is 5.73 Å². The van der Waals surface area contributed by atoms with E-state index >= 15 is 4.39 Å². The zero-order valence-electron chi connectivity index (χ0n) is 19.6. The van der Waals surface area contributed by atoms with Crippen LogP contribution in [0.25, 0.3) is 0 Å². The third-order valence-electron chi connectivity index (χ3n) is 8.17. The van der Waals surface area contributed by atoms with Gasteiger partial charge in [-0.1, -0.05) is 79.6 Å². The predicted octanol–water partition coefficient (Wildman–Crippen LogP) is 6.39. The normalized spacial score (nSPS) is 31.5. The molecule has 0 bridgehead atoms. The predicted molar refractivity (Wildman–Crippen MR) is 132 cm³/mol. The minimum Gasteiger partial charge on any atom is -0.443 e. The summed E-state index contributed by atoms with van der Waals surface area (Å²) >= 11 is 12.4. The molecule has 1 aliphatic carbocycles. The van der Waals surface area contributed by atoms with Gasteiger partial charge in [0.15, 0.2) is 5.72 Å². The van der Waals surface area contributed by atoms with Crippen molar-refractivity contribution in [3.05, 3.63) is 69.5 Å². The summed E-state index contributed by atoms with van der Waals surface area (Å²) in [6.45, 7) is 3.80. The fraction of sp³-hybridized carbons (Fsp3) is 0.519. The lowest BCUT2D eigenvalue weighted by molar-refractivity contribution is -0.152. The zero-order valence-corrected chi connectivity index (χ0v) is 21.1. The summed E-state index contributed by atoms with van der Waals surface area (Å²) in [6, 6.07) is 11.4. The van der Waals surface area contributed by atoms with Crippen LogP contribution in [0.3, 0.4) is 0 Å². The van der Waals surface area contributed by atoms with E-state index in [1.165, 1.54) is 25.3 Å². The van der Waals surface area contributed by atoms with Crippen LogP contribution in [0.15, 0.2) is 42.5 Å². The van der Waals surface area contributed by atoms with E-state index in [0.29, 0.717) is 16.5 Å². The SMILES string of the molecule is CC1(C)OC(=O)C2C(c3cccc(Cl)c3F)C(N)(c3ccc(Cl)cc3)C(CC3CCCCC3)N21. The lowest BCUT2D eigenvalue weighted by atomic mass is 9.69. The van der Waals surface area contributed by atoms with Gasteiger partial charge in [-0.3, -0.25) is 4.79 Å². The Hall–Kier alpha value is -1.66. The number of ether oxygens (including phenoxy) is 1. The van der Waals surface area contributed by atoms with Crippen molar-refractivity contribution in [3.63, 3.8) is 0 Å². The smallest absolute Gasteiger partial charge is 0.325 e. The Labute approximate surface area is 210 Å². The number of nitrogens with zero attached hydrogens (tertiary/aromatic N) is 1. The summed E-state index contributed by atoms with van der Waals surface area (Å²) in [5, 5.41) is 0.615. The minimum absolute atomic E-state index is 0.0175. The van der Waals surface area contributed by atoms with Crippen molar-refractivity contribution >= 4 is 29.2 Å². The summed E-state index contributed by atoms with van der Waals surface area (Å²) in [7, 11) is 0. The van der Waals surface area contributed by atoms with Crippen molar-refractivity contribution in [3.8, 4) is 0 Å². The Balaban J connectivity index is 1.73. The molecule has 0 spiro atoms. The van der Waals surface area contributed by atoms with Crippen molar-refractivity contribution in [2.45, 2.75) is 81.6 Å². The second kappa shape index (κ2) is 8.77. The van der Waals surface area contributed by atoms with Crippen LogP contribution >= 0.6 is 23.2 Å². The lowest BCUT2D eigenvalue weighted by Crippen LogP contribution is -2.56. The highest BCUT2D eigenvalue weighted by Crippen LogP contribution is 2.57. The molecule has 2 aliphatic heterocycles. The number of hydrogen-bond acceptors (Lipinski definition) is 4. The van der Waals surface area contributed by atoms with Crippen LogP contribution in [0.1, 0.15) is 69.4 Å². The number of rotatable bonds is 4. The molecule has 182 valence electrons. The van der Waals surface area contributed by atoms with Gasteiger partial charge in [0.05, 0.1) is 10.6 Å². The molecule has 5 rings (SSSR count). The number of benzene rings is 2. The van der Waals surface area contributed by atoms with E-state index in [2.05, 4.69) is 4.90 Å². The fourth-order valence-electron chi connectivity index (χ4n) is 6.72. The van der Waals surface area contributed by atoms with Crippen molar-refractivity contribution in [1.29, 1.82) is 0 Å². The second-order valence-electron chi connectivity index (χ2n) is 10.5. The van der Waals surface area contributed by atoms with Crippen molar-refractivity contribution < 1.29 is 13.9 Å². The molecule has 7 heteroatoms. The molecule has 2 saturated heterocycles. The van der Waals surface area contributed by atoms with Gasteiger partial charge in [-0.25, -0.2) is 9.29 Å². The van der Waals surface area contributed by atoms with Gasteiger partial charge in [0.1, 0.15) is 11.9 Å². The number of carbonyl (C=O) groups excluding carboxylic acids is 1. The van der Waals surface area contributed by atoms with E-state index in [4.69, 9.17) is 33.7 Å². The first-order valence-electron chi connectivity index (χ1n) is 12.1. The largest absolute Gasteiger partial charge is 0.443 e. The van der Waals surface area contributed by atoms with Gasteiger partial charge in [-0.2, -0.15) is 0 Å². The summed E-state index contributed by atoms with van der Waals surface area (Å²) in [5.41, 5.74) is 6.73. The number of fused-ring (bicyclic) bond motifs is 1. The van der Waals surface area contributed by atoms with Gasteiger partial charge in [-0.05, 0) is 55.5 Å². The van der Waals surface area contributed by atoms with Crippen LogP contribution in [-0.2, 0) is 15.1 Å². The quantitative estimate of drug-likeness (QED) is 0.490. The molecule has 4 atom stereocenters. The van der Waals surface area contributed by atoms with Crippen LogP contribution in [0, 0.1) is 11.7 Å². The zero-order chi connectivity index (χ0) is 24.3. The molecule has 4 unspecified atom stereocenters. The van der Waals surface area contributed by atoms with Crippen LogP contribution in [0.5, 0.6) is 0 Å². The van der Waals surface area contributed by atoms with E-state index in [0.717, 1.165) is 24.8 Å². The standard InChI is InChI=1S/C27H31Cl2FN2O2/c1-26(2)32-21(15-16-7-4-3-5-8-16)27(31,17-11-13-18(28)14-12-17)22(24(32)25(33)34-26)19-9-6-10-20(29)23(19)30/h6,9-14,16,21-22,24H,3-5,7-8,15,31H2,1-2H3. The average Bonchev–Trinajstić information content (AvgIpc) is 3.20. The number of halogens is 3. The molecule has 0 radical (unpaired) electrons. The molecule has 34 heavy (non-hydrogen) atoms. The number of hydrogen-bond donors (Lipinski definition) is 1. The van der Waals surface area contributed by atoms with Crippen molar-refractivity contribution in [1.82, 2.24) is 4.90 Å². The molecule has 3 aliphatic rings. The molecular formula is C27H31Cl2FN2O2. The van der Waals surface area contributed by atoms with Gasteiger partial charge in [0.25, 0.3) is 0 Å². The van der Waals surface area contributed by atoms with E-state index in [9.17, 15) is 4.79 Å². The Morgan fingerprint density at radius 1 is 1.09 bits per heavy atom. The first-order chi connectivity index (χ1) is 16.1. The highest BCUT2D eigenvalue weighted by atomic mass is 35.5. The molecule has 2 N–H and O–H groups in total. The number of cyclic esters (lactones) is 1. The molecule has 2 aromatic carbocycles. The molecule has 0 amide bonds. The number of esters is 1. The molecule has 2 heterocycles. The summed E-state index contributed by atoms with van der Waals surface area (Å²) in [6.07, 6.45) is 6.74. The molecule has 4 nitrogen and oxygen atoms in total. The van der Waals surface area contributed by atoms with Crippen LogP contribution in [-0.4, -0.2) is 28.7 Å². The molecule has 1 saturated carbocycles. The van der Waals surface area contributed by atoms with E-state index in [1.807, 2.05) is 26.0 Å². The first-order valence-corrected chi connectivity index (χ1v) is 12.9. The lowest BCUT2D eigenvalue weighted by Gasteiger charge is -2.43. The Morgan fingerprint density at radius 2 is 1.76 bits per heavy atom. The highest BCUT2D eigenvalue weighted by molar-refractivity contribution is 6.31. The maximum atomic E-state index is 15.6. The Morgan fingerprint density at radius 3 is 2.44 bits per heavy atom. The maximum absolute atomic E-state index is 15.6. The summed E-state index contributed by atoms with van der Waals surface area (Å²) in [4.78, 5) is 15.5. The highest BCUT2D eigenvalue weighted by Gasteiger charge is 2.68. The molecule has 3 fully saturated rings. The summed E-state index contributed by atoms with van der Waals surface area (Å²) in [5.74, 6) is -1.09. The van der Waals surface area contributed by atoms with Crippen LogP contribution in [0.4, 0.5) is 4.39 Å². The van der Waals surface area contributed by atoms with E-state index < -0.39 is 29.0 Å². The molecule has 2 aromatic rings. The molecule has 0 aromatic heterocycles. The van der Waals surface area contributed by atoms with Gasteiger partial charge in [0.2, 0.25) is 0 Å². The van der Waals surface area contributed by atoms with Crippen LogP contribution in [0.2, 0.25) is 10.0 Å². The van der Waals surface area contributed by atoms with Gasteiger partial charge < -0.3 is 10.5 Å². The van der Waals surface area contributed by atoms with Crippen molar-refractivity contribution in [2.24, 2.45) is 11.7 Å². The monoisotopic (exact) mass is 504 g/mol. The maximum Gasteiger partial charge on any atom is 0.325 e.